The van der Waals surface area contributed by atoms with Crippen LogP contribution in [0.25, 0.3) is 11.0 Å². The first-order valence-electron chi connectivity index (χ1n) is 10.2. The van der Waals surface area contributed by atoms with Crippen molar-refractivity contribution >= 4 is 11.0 Å². The summed E-state index contributed by atoms with van der Waals surface area (Å²) in [5.74, 6) is 1.53. The van der Waals surface area contributed by atoms with E-state index in [0.29, 0.717) is 28.7 Å². The summed E-state index contributed by atoms with van der Waals surface area (Å²) in [6.45, 7) is -0.859. The minimum atomic E-state index is -2.83. The molecule has 1 aliphatic carbocycles. The second kappa shape index (κ2) is 8.10. The Balaban J connectivity index is 1.25. The summed E-state index contributed by atoms with van der Waals surface area (Å²) < 4.78 is 35.7. The van der Waals surface area contributed by atoms with E-state index in [9.17, 15) is 13.6 Å². The van der Waals surface area contributed by atoms with Crippen LogP contribution in [0.1, 0.15) is 47.5 Å². The molecule has 0 amide bonds. The normalized spacial score (nSPS) is 18.1. The Kier molecular flexibility index (Phi) is 5.12. The van der Waals surface area contributed by atoms with Crippen molar-refractivity contribution in [3.8, 4) is 5.75 Å². The molecular weight excluding hydrogens is 420 g/mol. The minimum Gasteiger partial charge on any atom is -0.435 e. The van der Waals surface area contributed by atoms with Crippen LogP contribution < -0.4 is 10.3 Å². The van der Waals surface area contributed by atoms with E-state index in [1.807, 2.05) is 6.92 Å². The summed E-state index contributed by atoms with van der Waals surface area (Å²) >= 11 is 0. The molecule has 0 atom stereocenters. The summed E-state index contributed by atoms with van der Waals surface area (Å²) in [7, 11) is 0. The van der Waals surface area contributed by atoms with Gasteiger partial charge in [0.15, 0.2) is 11.5 Å². The first kappa shape index (κ1) is 20.2. The van der Waals surface area contributed by atoms with E-state index < -0.39 is 6.61 Å². The first-order valence-corrected chi connectivity index (χ1v) is 10.2. The molecule has 3 aromatic heterocycles. The lowest BCUT2D eigenvalue weighted by molar-refractivity contribution is -0.0498. The van der Waals surface area contributed by atoms with Gasteiger partial charge in [0, 0.05) is 12.1 Å². The average Bonchev–Trinajstić information content (AvgIpc) is 3.18. The minimum absolute atomic E-state index is 0.130. The number of nitrogens with zero attached hydrogens (tertiary/aromatic N) is 5. The lowest BCUT2D eigenvalue weighted by Crippen LogP contribution is -2.23. The molecule has 10 heteroatoms. The highest BCUT2D eigenvalue weighted by Gasteiger charge is 2.34. The molecular formula is C22H19F2N5O3. The highest BCUT2D eigenvalue weighted by Crippen LogP contribution is 2.46. The van der Waals surface area contributed by atoms with E-state index in [-0.39, 0.29) is 23.8 Å². The molecule has 32 heavy (non-hydrogen) atoms. The molecule has 0 unspecified atom stereocenters. The number of fused-ring (bicyclic) bond motifs is 1. The van der Waals surface area contributed by atoms with Crippen LogP contribution >= 0.6 is 0 Å². The van der Waals surface area contributed by atoms with Crippen molar-refractivity contribution in [3.63, 3.8) is 0 Å². The number of benzene rings is 1. The Morgan fingerprint density at radius 1 is 1.16 bits per heavy atom. The van der Waals surface area contributed by atoms with E-state index in [4.69, 9.17) is 4.52 Å². The van der Waals surface area contributed by atoms with E-state index in [0.717, 1.165) is 24.0 Å². The van der Waals surface area contributed by atoms with Gasteiger partial charge in [0.25, 0.3) is 5.56 Å². The summed E-state index contributed by atoms with van der Waals surface area (Å²) in [6, 6.07) is 8.47. The number of halogens is 2. The molecule has 5 rings (SSSR count). The number of alkyl halides is 2. The van der Waals surface area contributed by atoms with Crippen molar-refractivity contribution in [3.05, 3.63) is 76.1 Å². The molecule has 164 valence electrons. The zero-order valence-corrected chi connectivity index (χ0v) is 17.1. The number of aromatic nitrogens is 5. The van der Waals surface area contributed by atoms with Gasteiger partial charge in [-0.3, -0.25) is 9.36 Å². The van der Waals surface area contributed by atoms with Gasteiger partial charge < -0.3 is 9.26 Å². The van der Waals surface area contributed by atoms with E-state index >= 15 is 0 Å². The van der Waals surface area contributed by atoms with Crippen LogP contribution in [0.3, 0.4) is 0 Å². The first-order chi connectivity index (χ1) is 15.5. The van der Waals surface area contributed by atoms with Gasteiger partial charge in [-0.25, -0.2) is 9.97 Å². The molecule has 8 nitrogen and oxygen atoms in total. The predicted molar refractivity (Wildman–Crippen MR) is 110 cm³/mol. The van der Waals surface area contributed by atoms with Crippen LogP contribution in [0.15, 0.2) is 52.2 Å². The number of rotatable bonds is 6. The second-order valence-electron chi connectivity index (χ2n) is 7.86. The van der Waals surface area contributed by atoms with Crippen LogP contribution in [0.4, 0.5) is 8.78 Å². The van der Waals surface area contributed by atoms with Crippen LogP contribution in [0, 0.1) is 6.92 Å². The lowest BCUT2D eigenvalue weighted by Gasteiger charge is -2.33. The molecule has 0 spiro atoms. The molecule has 1 fully saturated rings. The molecule has 0 saturated heterocycles. The third-order valence-corrected chi connectivity index (χ3v) is 5.80. The summed E-state index contributed by atoms with van der Waals surface area (Å²) in [4.78, 5) is 25.6. The van der Waals surface area contributed by atoms with Gasteiger partial charge in [-0.2, -0.15) is 13.8 Å². The number of hydrogen-bond donors (Lipinski definition) is 0. The van der Waals surface area contributed by atoms with Crippen molar-refractivity contribution in [1.29, 1.82) is 0 Å². The molecule has 1 saturated carbocycles. The van der Waals surface area contributed by atoms with Crippen molar-refractivity contribution in [1.82, 2.24) is 24.7 Å². The lowest BCUT2D eigenvalue weighted by atomic mass is 9.71. The average molecular weight is 439 g/mol. The molecule has 4 aromatic rings. The summed E-state index contributed by atoms with van der Waals surface area (Å²) in [5, 5.41) is 4.55. The predicted octanol–water partition coefficient (Wildman–Crippen LogP) is 3.79. The third kappa shape index (κ3) is 3.83. The van der Waals surface area contributed by atoms with Gasteiger partial charge in [-0.1, -0.05) is 17.3 Å². The fourth-order valence-electron chi connectivity index (χ4n) is 4.01. The van der Waals surface area contributed by atoms with E-state index in [2.05, 4.69) is 24.8 Å². The quantitative estimate of drug-likeness (QED) is 0.451. The summed E-state index contributed by atoms with van der Waals surface area (Å²) in [5.41, 5.74) is 2.07. The number of ether oxygens (including phenoxy) is 1. The van der Waals surface area contributed by atoms with Crippen LogP contribution in [-0.2, 0) is 6.54 Å². The van der Waals surface area contributed by atoms with Crippen molar-refractivity contribution in [2.45, 2.75) is 44.8 Å². The van der Waals surface area contributed by atoms with Gasteiger partial charge >= 0.3 is 6.61 Å². The van der Waals surface area contributed by atoms with Crippen molar-refractivity contribution < 1.29 is 18.0 Å². The zero-order valence-electron chi connectivity index (χ0n) is 17.1. The smallest absolute Gasteiger partial charge is 0.387 e. The number of aryl methyl sites for hydroxylation is 1. The van der Waals surface area contributed by atoms with Crippen molar-refractivity contribution in [2.75, 3.05) is 0 Å². The van der Waals surface area contributed by atoms with E-state index in [1.54, 1.807) is 36.5 Å². The van der Waals surface area contributed by atoms with Crippen LogP contribution in [0.5, 0.6) is 5.75 Å². The highest BCUT2D eigenvalue weighted by molar-refractivity contribution is 5.76. The zero-order chi connectivity index (χ0) is 22.2. The maximum absolute atomic E-state index is 12.8. The van der Waals surface area contributed by atoms with Crippen LogP contribution in [-0.4, -0.2) is 31.3 Å². The molecule has 0 radical (unpaired) electrons. The largest absolute Gasteiger partial charge is 0.435 e. The van der Waals surface area contributed by atoms with Gasteiger partial charge in [-0.05, 0) is 55.0 Å². The highest BCUT2D eigenvalue weighted by atomic mass is 19.3. The monoisotopic (exact) mass is 439 g/mol. The molecule has 0 bridgehead atoms. The standard InChI is InChI=1S/C22H19F2N5O3/c1-12-6-7-25-20-18(12)21(30)29(11-26-20)10-17-27-19(28-32-17)15-8-14(9-15)13-2-4-16(5-3-13)31-22(23)24/h2-7,11,14-15,22H,8-10H2,1H3. The van der Waals surface area contributed by atoms with Gasteiger partial charge in [0.2, 0.25) is 5.89 Å². The Hall–Kier alpha value is -3.69. The Morgan fingerprint density at radius 2 is 1.94 bits per heavy atom. The Morgan fingerprint density at radius 3 is 2.69 bits per heavy atom. The number of hydrogen-bond acceptors (Lipinski definition) is 7. The van der Waals surface area contributed by atoms with Gasteiger partial charge in [0.1, 0.15) is 18.6 Å². The fourth-order valence-corrected chi connectivity index (χ4v) is 4.01. The topological polar surface area (TPSA) is 95.9 Å². The maximum Gasteiger partial charge on any atom is 0.387 e. The SMILES string of the molecule is Cc1ccnc2ncn(Cc3nc(C4CC(c5ccc(OC(F)F)cc5)C4)no3)c(=O)c12. The third-order valence-electron chi connectivity index (χ3n) is 5.80. The van der Waals surface area contributed by atoms with Crippen molar-refractivity contribution in [2.24, 2.45) is 0 Å². The van der Waals surface area contributed by atoms with E-state index in [1.165, 1.54) is 10.9 Å². The van der Waals surface area contributed by atoms with Gasteiger partial charge in [0.05, 0.1) is 5.39 Å². The number of pyridine rings is 1. The molecule has 3 heterocycles. The van der Waals surface area contributed by atoms with Crippen LogP contribution in [0.2, 0.25) is 0 Å². The molecule has 0 aliphatic heterocycles. The molecule has 0 N–H and O–H groups in total. The maximum atomic E-state index is 12.8. The molecule has 1 aliphatic rings. The Bertz CT molecular complexity index is 1310. The summed E-state index contributed by atoms with van der Waals surface area (Å²) in [6.07, 6.45) is 4.71. The second-order valence-corrected chi connectivity index (χ2v) is 7.86. The van der Waals surface area contributed by atoms with Gasteiger partial charge in [-0.15, -0.1) is 0 Å². The fraction of sp³-hybridized carbons (Fsp3) is 0.318. The Labute approximate surface area is 180 Å². The molecule has 1 aromatic carbocycles.